The van der Waals surface area contributed by atoms with E-state index < -0.39 is 5.91 Å². The molecule has 1 rings (SSSR count). The van der Waals surface area contributed by atoms with Gasteiger partial charge in [0.1, 0.15) is 5.75 Å². The van der Waals surface area contributed by atoms with Gasteiger partial charge in [-0.15, -0.1) is 0 Å². The van der Waals surface area contributed by atoms with Gasteiger partial charge in [-0.3, -0.25) is 20.4 Å². The lowest BCUT2D eigenvalue weighted by Crippen LogP contribution is -2.49. The summed E-state index contributed by atoms with van der Waals surface area (Å²) in [4.78, 5) is 23.3. The third-order valence-corrected chi connectivity index (χ3v) is 4.13. The van der Waals surface area contributed by atoms with E-state index in [2.05, 4.69) is 45.9 Å². The summed E-state index contributed by atoms with van der Waals surface area (Å²) >= 11 is 8.36. The smallest absolute Gasteiger partial charge is 0.276 e. The molecule has 2 amide bonds. The Kier molecular flexibility index (Phi) is 9.44. The molecule has 0 unspecified atom stereocenters. The topological polar surface area (TPSA) is 79.5 Å². The first-order valence-electron chi connectivity index (χ1n) is 8.14. The summed E-state index contributed by atoms with van der Waals surface area (Å²) in [5, 5.41) is 2.54. The largest absolute Gasteiger partial charge is 0.483 e. The molecule has 0 aliphatic carbocycles. The van der Waals surface area contributed by atoms with Crippen molar-refractivity contribution in [2.75, 3.05) is 6.61 Å². The molecule has 0 fully saturated rings. The van der Waals surface area contributed by atoms with Crippen LogP contribution in [0.4, 0.5) is 0 Å². The van der Waals surface area contributed by atoms with Gasteiger partial charge >= 0.3 is 0 Å². The molecule has 0 bridgehead atoms. The minimum atomic E-state index is -0.412. The number of unbranched alkanes of at least 4 members (excludes halogenated alkanes) is 1. The van der Waals surface area contributed by atoms with Crippen molar-refractivity contribution in [3.63, 3.8) is 0 Å². The highest BCUT2D eigenvalue weighted by molar-refractivity contribution is 9.10. The Morgan fingerprint density at radius 3 is 2.56 bits per heavy atom. The third kappa shape index (κ3) is 8.31. The molecule has 0 spiro atoms. The van der Waals surface area contributed by atoms with Crippen LogP contribution in [0.3, 0.4) is 0 Å². The number of rotatable bonds is 7. The van der Waals surface area contributed by atoms with Gasteiger partial charge in [0.05, 0.1) is 4.47 Å². The highest BCUT2D eigenvalue weighted by atomic mass is 79.9. The second-order valence-electron chi connectivity index (χ2n) is 5.79. The third-order valence-electron chi connectivity index (χ3n) is 3.31. The van der Waals surface area contributed by atoms with Crippen molar-refractivity contribution in [2.45, 2.75) is 46.0 Å². The monoisotopic (exact) mass is 429 g/mol. The van der Waals surface area contributed by atoms with Crippen molar-refractivity contribution >= 4 is 45.1 Å². The van der Waals surface area contributed by atoms with Gasteiger partial charge < -0.3 is 10.1 Å². The maximum absolute atomic E-state index is 11.8. The summed E-state index contributed by atoms with van der Waals surface area (Å²) in [7, 11) is 0. The lowest BCUT2D eigenvalue weighted by molar-refractivity contribution is -0.124. The van der Waals surface area contributed by atoms with Gasteiger partial charge in [-0.25, -0.2) is 0 Å². The van der Waals surface area contributed by atoms with E-state index in [1.54, 1.807) is 0 Å². The van der Waals surface area contributed by atoms with Gasteiger partial charge in [-0.05, 0) is 58.2 Å². The first kappa shape index (κ1) is 21.4. The molecule has 0 aliphatic heterocycles. The molecular formula is C17H24BrN3O3S. The number of nitrogens with one attached hydrogen (secondary N) is 3. The highest BCUT2D eigenvalue weighted by Crippen LogP contribution is 2.28. The van der Waals surface area contributed by atoms with E-state index >= 15 is 0 Å². The number of hydrogen-bond donors (Lipinski definition) is 3. The van der Waals surface area contributed by atoms with Gasteiger partial charge in [0.2, 0.25) is 5.91 Å². The summed E-state index contributed by atoms with van der Waals surface area (Å²) in [5.74, 6) is 0.394. The zero-order valence-electron chi connectivity index (χ0n) is 14.6. The van der Waals surface area contributed by atoms with Crippen LogP contribution in [0.5, 0.6) is 5.75 Å². The number of carbonyl (C=O) groups excluding carboxylic acids is 2. The van der Waals surface area contributed by atoms with Crippen molar-refractivity contribution in [1.29, 1.82) is 0 Å². The zero-order valence-corrected chi connectivity index (χ0v) is 17.1. The maximum Gasteiger partial charge on any atom is 0.276 e. The Balaban J connectivity index is 2.35. The second-order valence-corrected chi connectivity index (χ2v) is 7.05. The predicted octanol–water partition coefficient (Wildman–Crippen LogP) is 3.16. The average molecular weight is 430 g/mol. The lowest BCUT2D eigenvalue weighted by Gasteiger charge is -2.13. The van der Waals surface area contributed by atoms with E-state index in [-0.39, 0.29) is 17.6 Å². The molecule has 138 valence electrons. The molecule has 1 aromatic carbocycles. The van der Waals surface area contributed by atoms with Gasteiger partial charge in [0.25, 0.3) is 5.91 Å². The first-order valence-corrected chi connectivity index (χ1v) is 9.34. The van der Waals surface area contributed by atoms with Crippen molar-refractivity contribution < 1.29 is 14.3 Å². The fourth-order valence-corrected chi connectivity index (χ4v) is 2.53. The summed E-state index contributed by atoms with van der Waals surface area (Å²) in [6, 6.07) is 5.75. The summed E-state index contributed by atoms with van der Waals surface area (Å²) in [6.07, 6.45) is 2.12. The molecule has 1 aromatic rings. The number of hydrazine groups is 1. The molecule has 0 radical (unpaired) electrons. The molecule has 8 heteroatoms. The van der Waals surface area contributed by atoms with Crippen LogP contribution in [0.2, 0.25) is 0 Å². The van der Waals surface area contributed by atoms with Gasteiger partial charge in [0.15, 0.2) is 11.7 Å². The molecule has 6 nitrogen and oxygen atoms in total. The van der Waals surface area contributed by atoms with Crippen LogP contribution in [0.25, 0.3) is 0 Å². The van der Waals surface area contributed by atoms with Crippen molar-refractivity contribution in [3.05, 3.63) is 28.2 Å². The van der Waals surface area contributed by atoms with E-state index in [0.29, 0.717) is 18.1 Å². The van der Waals surface area contributed by atoms with E-state index in [9.17, 15) is 9.59 Å². The Morgan fingerprint density at radius 2 is 1.96 bits per heavy atom. The van der Waals surface area contributed by atoms with E-state index in [4.69, 9.17) is 17.0 Å². The summed E-state index contributed by atoms with van der Waals surface area (Å²) in [6.45, 7) is 6.02. The minimum absolute atomic E-state index is 0.0527. The molecule has 3 N–H and O–H groups in total. The fraction of sp³-hybridized carbons (Fsp3) is 0.471. The van der Waals surface area contributed by atoms with Crippen LogP contribution >= 0.6 is 28.1 Å². The Hall–Kier alpha value is -1.67. The number of carbonyl (C=O) groups is 2. The summed E-state index contributed by atoms with van der Waals surface area (Å²) < 4.78 is 6.26. The quantitative estimate of drug-likeness (QED) is 0.458. The molecule has 0 saturated carbocycles. The van der Waals surface area contributed by atoms with Gasteiger partial charge in [0, 0.05) is 6.42 Å². The number of thiocarbonyl (C=S) groups is 1. The Bertz CT molecular complexity index is 623. The molecular weight excluding hydrogens is 406 g/mol. The molecule has 0 aliphatic rings. The van der Waals surface area contributed by atoms with Crippen LogP contribution in [0.1, 0.15) is 51.5 Å². The standard InChI is InChI=1S/C17H24BrN3O3S/c1-4-5-6-15(22)19-17(25)21-20-16(23)10-24-14-8-7-12(11(2)3)9-13(14)18/h7-9,11H,4-6,10H2,1-3H3,(H,20,23)(H2,19,21,22,25). The highest BCUT2D eigenvalue weighted by Gasteiger charge is 2.09. The van der Waals surface area contributed by atoms with E-state index in [1.165, 1.54) is 5.56 Å². The van der Waals surface area contributed by atoms with Crippen molar-refractivity contribution in [2.24, 2.45) is 0 Å². The Labute approximate surface area is 162 Å². The molecule has 0 atom stereocenters. The maximum atomic E-state index is 11.8. The number of benzene rings is 1. The van der Waals surface area contributed by atoms with E-state index in [1.807, 2.05) is 25.1 Å². The minimum Gasteiger partial charge on any atom is -0.483 e. The van der Waals surface area contributed by atoms with Crippen LogP contribution in [-0.2, 0) is 9.59 Å². The van der Waals surface area contributed by atoms with Crippen molar-refractivity contribution in [3.8, 4) is 5.75 Å². The molecule has 25 heavy (non-hydrogen) atoms. The predicted molar refractivity (Wildman–Crippen MR) is 105 cm³/mol. The normalized spacial score (nSPS) is 10.3. The van der Waals surface area contributed by atoms with E-state index in [0.717, 1.165) is 17.3 Å². The number of hydrogen-bond acceptors (Lipinski definition) is 4. The SMILES string of the molecule is CCCCC(=O)NC(=S)NNC(=O)COc1ccc(C(C)C)cc1Br. The van der Waals surface area contributed by atoms with Crippen LogP contribution in [0.15, 0.2) is 22.7 Å². The zero-order chi connectivity index (χ0) is 18.8. The Morgan fingerprint density at radius 1 is 1.24 bits per heavy atom. The number of halogens is 1. The number of ether oxygens (including phenoxy) is 1. The average Bonchev–Trinajstić information content (AvgIpc) is 2.56. The number of amides is 2. The lowest BCUT2D eigenvalue weighted by atomic mass is 10.0. The molecule has 0 saturated heterocycles. The summed E-state index contributed by atoms with van der Waals surface area (Å²) in [5.41, 5.74) is 6.03. The fourth-order valence-electron chi connectivity index (χ4n) is 1.86. The van der Waals surface area contributed by atoms with Crippen molar-refractivity contribution in [1.82, 2.24) is 16.2 Å². The van der Waals surface area contributed by atoms with Gasteiger partial charge in [-0.2, -0.15) is 0 Å². The molecule has 0 aromatic heterocycles. The van der Waals surface area contributed by atoms with Crippen LogP contribution in [-0.4, -0.2) is 23.5 Å². The molecule has 0 heterocycles. The first-order chi connectivity index (χ1) is 11.8. The van der Waals surface area contributed by atoms with Crippen LogP contribution in [0, 0.1) is 0 Å². The second kappa shape index (κ2) is 11.0. The van der Waals surface area contributed by atoms with Crippen LogP contribution < -0.4 is 20.9 Å². The van der Waals surface area contributed by atoms with Gasteiger partial charge in [-0.1, -0.05) is 33.3 Å².